The molecule has 0 bridgehead atoms. The highest BCUT2D eigenvalue weighted by molar-refractivity contribution is 5.37. The SMILES string of the molecule is CC(C)=CCC(C)(C)C(OC=O)C(C)C. The van der Waals surface area contributed by atoms with Crippen LogP contribution in [0.2, 0.25) is 0 Å². The number of hydrogen-bond donors (Lipinski definition) is 0. The van der Waals surface area contributed by atoms with Crippen molar-refractivity contribution in [2.24, 2.45) is 11.3 Å². The van der Waals surface area contributed by atoms with Gasteiger partial charge < -0.3 is 4.74 Å². The van der Waals surface area contributed by atoms with Crippen LogP contribution in [0.4, 0.5) is 0 Å². The second-order valence-electron chi connectivity index (χ2n) is 5.37. The van der Waals surface area contributed by atoms with Gasteiger partial charge in [0.1, 0.15) is 6.10 Å². The smallest absolute Gasteiger partial charge is 0.293 e. The first-order chi connectivity index (χ1) is 6.81. The summed E-state index contributed by atoms with van der Waals surface area (Å²) in [5.41, 5.74) is 1.29. The molecule has 0 aromatic carbocycles. The van der Waals surface area contributed by atoms with E-state index < -0.39 is 0 Å². The van der Waals surface area contributed by atoms with Crippen molar-refractivity contribution in [3.8, 4) is 0 Å². The van der Waals surface area contributed by atoms with Crippen LogP contribution >= 0.6 is 0 Å². The lowest BCUT2D eigenvalue weighted by atomic mass is 9.77. The normalized spacial score (nSPS) is 13.5. The Morgan fingerprint density at radius 3 is 2.20 bits per heavy atom. The van der Waals surface area contributed by atoms with Gasteiger partial charge in [-0.2, -0.15) is 0 Å². The average molecular weight is 212 g/mol. The number of carbonyl (C=O) groups excluding carboxylic acids is 1. The van der Waals surface area contributed by atoms with Gasteiger partial charge in [0.25, 0.3) is 6.47 Å². The van der Waals surface area contributed by atoms with Gasteiger partial charge in [-0.15, -0.1) is 0 Å². The van der Waals surface area contributed by atoms with E-state index in [0.29, 0.717) is 12.4 Å². The topological polar surface area (TPSA) is 26.3 Å². The molecule has 0 aliphatic rings. The molecule has 15 heavy (non-hydrogen) atoms. The van der Waals surface area contributed by atoms with Gasteiger partial charge in [-0.05, 0) is 26.2 Å². The van der Waals surface area contributed by atoms with Crippen LogP contribution in [0.3, 0.4) is 0 Å². The molecule has 2 heteroatoms. The van der Waals surface area contributed by atoms with Gasteiger partial charge in [0.05, 0.1) is 0 Å². The molecule has 1 unspecified atom stereocenters. The first-order valence-electron chi connectivity index (χ1n) is 5.53. The lowest BCUT2D eigenvalue weighted by Crippen LogP contribution is -2.35. The van der Waals surface area contributed by atoms with Crippen molar-refractivity contribution in [2.75, 3.05) is 0 Å². The summed E-state index contributed by atoms with van der Waals surface area (Å²) >= 11 is 0. The third kappa shape index (κ3) is 5.01. The van der Waals surface area contributed by atoms with Crippen LogP contribution in [-0.2, 0) is 9.53 Å². The summed E-state index contributed by atoms with van der Waals surface area (Å²) in [4.78, 5) is 10.5. The standard InChI is InChI=1S/C13H24O2/c1-10(2)7-8-13(5,6)12(11(3)4)15-9-14/h7,9,11-12H,8H2,1-6H3. The molecule has 0 heterocycles. The zero-order valence-corrected chi connectivity index (χ0v) is 10.8. The molecule has 0 aromatic heterocycles. The third-order valence-electron chi connectivity index (χ3n) is 2.61. The highest BCUT2D eigenvalue weighted by atomic mass is 16.5. The predicted molar refractivity (Wildman–Crippen MR) is 63.6 cm³/mol. The Kier molecular flexibility index (Phi) is 5.63. The molecule has 0 amide bonds. The van der Waals surface area contributed by atoms with Gasteiger partial charge in [-0.1, -0.05) is 39.3 Å². The lowest BCUT2D eigenvalue weighted by Gasteiger charge is -2.34. The van der Waals surface area contributed by atoms with Gasteiger partial charge in [-0.25, -0.2) is 0 Å². The first kappa shape index (κ1) is 14.2. The molecule has 0 saturated heterocycles. The summed E-state index contributed by atoms with van der Waals surface area (Å²) < 4.78 is 5.19. The molecule has 0 aliphatic heterocycles. The van der Waals surface area contributed by atoms with E-state index in [2.05, 4.69) is 47.6 Å². The maximum absolute atomic E-state index is 10.5. The number of carbonyl (C=O) groups is 1. The zero-order valence-electron chi connectivity index (χ0n) is 10.8. The Morgan fingerprint density at radius 1 is 1.33 bits per heavy atom. The quantitative estimate of drug-likeness (QED) is 0.497. The van der Waals surface area contributed by atoms with E-state index in [1.54, 1.807) is 0 Å². The molecule has 2 nitrogen and oxygen atoms in total. The Balaban J connectivity index is 4.62. The summed E-state index contributed by atoms with van der Waals surface area (Å²) in [6.45, 7) is 13.2. The second kappa shape index (κ2) is 5.94. The van der Waals surface area contributed by atoms with E-state index in [9.17, 15) is 4.79 Å². The number of hydrogen-bond acceptors (Lipinski definition) is 2. The van der Waals surface area contributed by atoms with Gasteiger partial charge in [0.15, 0.2) is 0 Å². The van der Waals surface area contributed by atoms with E-state index in [4.69, 9.17) is 4.74 Å². The van der Waals surface area contributed by atoms with E-state index in [-0.39, 0.29) is 11.5 Å². The van der Waals surface area contributed by atoms with Crippen molar-refractivity contribution in [2.45, 2.75) is 54.1 Å². The summed E-state index contributed by atoms with van der Waals surface area (Å²) in [5, 5.41) is 0. The van der Waals surface area contributed by atoms with Crippen LogP contribution in [0, 0.1) is 11.3 Å². The fraction of sp³-hybridized carbons (Fsp3) is 0.769. The van der Waals surface area contributed by atoms with E-state index >= 15 is 0 Å². The summed E-state index contributed by atoms with van der Waals surface area (Å²) in [6.07, 6.45) is 3.11. The first-order valence-corrected chi connectivity index (χ1v) is 5.53. The molecule has 0 radical (unpaired) electrons. The van der Waals surface area contributed by atoms with E-state index in [1.165, 1.54) is 5.57 Å². The predicted octanol–water partition coefficient (Wildman–Crippen LogP) is 3.57. The zero-order chi connectivity index (χ0) is 12.1. The minimum Gasteiger partial charge on any atom is -0.464 e. The van der Waals surface area contributed by atoms with Crippen LogP contribution in [0.15, 0.2) is 11.6 Å². The molecule has 0 aromatic rings. The lowest BCUT2D eigenvalue weighted by molar-refractivity contribution is -0.142. The fourth-order valence-electron chi connectivity index (χ4n) is 1.89. The Hall–Kier alpha value is -0.790. The molecule has 0 saturated carbocycles. The summed E-state index contributed by atoms with van der Waals surface area (Å²) in [6, 6.07) is 0. The Bertz CT molecular complexity index is 223. The van der Waals surface area contributed by atoms with Crippen LogP contribution < -0.4 is 0 Å². The highest BCUT2D eigenvalue weighted by Gasteiger charge is 2.32. The fourth-order valence-corrected chi connectivity index (χ4v) is 1.89. The van der Waals surface area contributed by atoms with Gasteiger partial charge >= 0.3 is 0 Å². The molecular weight excluding hydrogens is 188 g/mol. The molecule has 0 spiro atoms. The molecule has 1 atom stereocenters. The maximum atomic E-state index is 10.5. The molecular formula is C13H24O2. The average Bonchev–Trinajstić information content (AvgIpc) is 2.10. The monoisotopic (exact) mass is 212 g/mol. The number of allylic oxidation sites excluding steroid dienone is 2. The molecule has 0 fully saturated rings. The minimum atomic E-state index is -0.0226. The second-order valence-corrected chi connectivity index (χ2v) is 5.37. The van der Waals surface area contributed by atoms with Crippen LogP contribution in [0.5, 0.6) is 0 Å². The van der Waals surface area contributed by atoms with Crippen molar-refractivity contribution in [3.63, 3.8) is 0 Å². The van der Waals surface area contributed by atoms with Crippen LogP contribution in [0.1, 0.15) is 48.0 Å². The molecule has 0 N–H and O–H groups in total. The molecule has 0 aliphatic carbocycles. The molecule has 0 rings (SSSR count). The van der Waals surface area contributed by atoms with Crippen LogP contribution in [-0.4, -0.2) is 12.6 Å². The van der Waals surface area contributed by atoms with Crippen LogP contribution in [0.25, 0.3) is 0 Å². The van der Waals surface area contributed by atoms with Crippen molar-refractivity contribution in [3.05, 3.63) is 11.6 Å². The van der Waals surface area contributed by atoms with Crippen molar-refractivity contribution >= 4 is 6.47 Å². The molecule has 88 valence electrons. The highest BCUT2D eigenvalue weighted by Crippen LogP contribution is 2.32. The van der Waals surface area contributed by atoms with E-state index in [1.807, 2.05) is 0 Å². The Morgan fingerprint density at radius 2 is 1.87 bits per heavy atom. The largest absolute Gasteiger partial charge is 0.464 e. The van der Waals surface area contributed by atoms with E-state index in [0.717, 1.165) is 6.42 Å². The van der Waals surface area contributed by atoms with Crippen molar-refractivity contribution in [1.29, 1.82) is 0 Å². The minimum absolute atomic E-state index is 0.00759. The number of rotatable bonds is 6. The number of ether oxygens (including phenoxy) is 1. The third-order valence-corrected chi connectivity index (χ3v) is 2.61. The van der Waals surface area contributed by atoms with Crippen molar-refractivity contribution < 1.29 is 9.53 Å². The summed E-state index contributed by atoms with van der Waals surface area (Å²) in [7, 11) is 0. The van der Waals surface area contributed by atoms with Crippen molar-refractivity contribution in [1.82, 2.24) is 0 Å². The maximum Gasteiger partial charge on any atom is 0.293 e. The van der Waals surface area contributed by atoms with Gasteiger partial charge in [-0.3, -0.25) is 4.79 Å². The van der Waals surface area contributed by atoms with Gasteiger partial charge in [0, 0.05) is 5.41 Å². The summed E-state index contributed by atoms with van der Waals surface area (Å²) in [5.74, 6) is 0.343. The van der Waals surface area contributed by atoms with Gasteiger partial charge in [0.2, 0.25) is 0 Å². The Labute approximate surface area is 93.7 Å².